The first kappa shape index (κ1) is 19.8. The zero-order valence-electron chi connectivity index (χ0n) is 16.4. The topological polar surface area (TPSA) is 79.8 Å². The number of nitrogens with one attached hydrogen (secondary N) is 1. The number of amides is 1. The summed E-state index contributed by atoms with van der Waals surface area (Å²) in [4.78, 5) is 25.9. The number of piperidine rings is 2. The summed E-state index contributed by atoms with van der Waals surface area (Å²) in [6.45, 7) is 4.96. The van der Waals surface area contributed by atoms with Gasteiger partial charge in [-0.2, -0.15) is 4.98 Å². The van der Waals surface area contributed by atoms with Crippen molar-refractivity contribution >= 4 is 11.9 Å². The normalized spacial score (nSPS) is 21.9. The molecule has 0 bridgehead atoms. The maximum atomic E-state index is 12.4. The second-order valence-electron chi connectivity index (χ2n) is 7.24. The molecular formula is C19H31N5O3. The van der Waals surface area contributed by atoms with Crippen LogP contribution >= 0.6 is 0 Å². The predicted octanol–water partition coefficient (Wildman–Crippen LogP) is 0.929. The van der Waals surface area contributed by atoms with Crippen LogP contribution in [-0.4, -0.2) is 80.4 Å². The number of hydrogen-bond acceptors (Lipinski definition) is 7. The number of nitrogens with zero attached hydrogens (tertiary/aromatic N) is 4. The van der Waals surface area contributed by atoms with E-state index in [1.165, 1.54) is 0 Å². The third-order valence-corrected chi connectivity index (χ3v) is 5.52. The van der Waals surface area contributed by atoms with Crippen LogP contribution in [0.1, 0.15) is 25.7 Å². The van der Waals surface area contributed by atoms with E-state index in [0.29, 0.717) is 25.1 Å². The quantitative estimate of drug-likeness (QED) is 0.708. The summed E-state index contributed by atoms with van der Waals surface area (Å²) in [5, 5.41) is 2.99. The molecule has 3 rings (SSSR count). The van der Waals surface area contributed by atoms with Gasteiger partial charge in [0.25, 0.3) is 0 Å². The van der Waals surface area contributed by atoms with E-state index in [-0.39, 0.29) is 11.8 Å². The fraction of sp³-hybridized carbons (Fsp3) is 0.737. The molecule has 150 valence electrons. The van der Waals surface area contributed by atoms with Gasteiger partial charge in [0.2, 0.25) is 17.7 Å². The average molecular weight is 377 g/mol. The van der Waals surface area contributed by atoms with Crippen LogP contribution in [0.5, 0.6) is 5.88 Å². The van der Waals surface area contributed by atoms with Crippen LogP contribution in [-0.2, 0) is 9.53 Å². The van der Waals surface area contributed by atoms with Gasteiger partial charge in [0.1, 0.15) is 0 Å². The first-order valence-electron chi connectivity index (χ1n) is 9.84. The number of likely N-dealkylation sites (tertiary alicyclic amines) is 1. The van der Waals surface area contributed by atoms with Crippen molar-refractivity contribution in [3.8, 4) is 5.88 Å². The number of carbonyl (C=O) groups is 1. The van der Waals surface area contributed by atoms with Gasteiger partial charge in [0.05, 0.1) is 19.6 Å². The van der Waals surface area contributed by atoms with Crippen molar-refractivity contribution in [2.45, 2.75) is 31.7 Å². The molecule has 2 aliphatic rings. The van der Waals surface area contributed by atoms with Crippen LogP contribution in [0.4, 0.5) is 5.95 Å². The van der Waals surface area contributed by atoms with Crippen molar-refractivity contribution in [1.29, 1.82) is 0 Å². The Bertz CT molecular complexity index is 607. The third kappa shape index (κ3) is 5.29. The lowest BCUT2D eigenvalue weighted by atomic mass is 9.93. The molecule has 1 unspecified atom stereocenters. The van der Waals surface area contributed by atoms with Crippen LogP contribution < -0.4 is 15.0 Å². The third-order valence-electron chi connectivity index (χ3n) is 5.52. The molecule has 2 aliphatic heterocycles. The van der Waals surface area contributed by atoms with E-state index >= 15 is 0 Å². The fourth-order valence-electron chi connectivity index (χ4n) is 4.00. The summed E-state index contributed by atoms with van der Waals surface area (Å²) in [6.07, 6.45) is 5.94. The molecule has 2 fully saturated rings. The highest BCUT2D eigenvalue weighted by molar-refractivity contribution is 5.78. The van der Waals surface area contributed by atoms with Gasteiger partial charge in [0, 0.05) is 51.6 Å². The van der Waals surface area contributed by atoms with Crippen molar-refractivity contribution in [2.24, 2.45) is 5.92 Å². The zero-order chi connectivity index (χ0) is 19.1. The van der Waals surface area contributed by atoms with E-state index in [1.807, 2.05) is 0 Å². The molecule has 1 atom stereocenters. The van der Waals surface area contributed by atoms with Crippen molar-refractivity contribution in [3.05, 3.63) is 12.3 Å². The Balaban J connectivity index is 1.49. The minimum Gasteiger partial charge on any atom is -0.481 e. The zero-order valence-corrected chi connectivity index (χ0v) is 16.4. The van der Waals surface area contributed by atoms with Gasteiger partial charge in [-0.15, -0.1) is 0 Å². The van der Waals surface area contributed by atoms with E-state index in [4.69, 9.17) is 9.47 Å². The molecule has 27 heavy (non-hydrogen) atoms. The Hall–Kier alpha value is -1.93. The molecule has 0 spiro atoms. The standard InChI is InChI=1S/C19H31N5O3/c1-26-13-9-20-18(25)15-4-3-10-24(14-15)16-6-11-23(12-7-16)19-21-8-5-17(22-19)27-2/h5,8,15-16H,3-4,6-7,9-14H2,1-2H3,(H,20,25). The van der Waals surface area contributed by atoms with Gasteiger partial charge < -0.3 is 19.7 Å². The molecule has 1 N–H and O–H groups in total. The number of anilines is 1. The van der Waals surface area contributed by atoms with E-state index in [9.17, 15) is 4.79 Å². The SMILES string of the molecule is COCCNC(=O)C1CCCN(C2CCN(c3nccc(OC)n3)CC2)C1. The first-order valence-corrected chi connectivity index (χ1v) is 9.84. The maximum Gasteiger partial charge on any atom is 0.228 e. The molecule has 0 aromatic carbocycles. The Morgan fingerprint density at radius 1 is 1.26 bits per heavy atom. The number of methoxy groups -OCH3 is 2. The lowest BCUT2D eigenvalue weighted by molar-refractivity contribution is -0.127. The van der Waals surface area contributed by atoms with Gasteiger partial charge in [0.15, 0.2) is 0 Å². The van der Waals surface area contributed by atoms with Crippen molar-refractivity contribution in [2.75, 3.05) is 58.5 Å². The van der Waals surface area contributed by atoms with E-state index in [0.717, 1.165) is 57.8 Å². The van der Waals surface area contributed by atoms with Crippen molar-refractivity contribution in [1.82, 2.24) is 20.2 Å². The summed E-state index contributed by atoms with van der Waals surface area (Å²) in [7, 11) is 3.27. The lowest BCUT2D eigenvalue weighted by Gasteiger charge is -2.42. The highest BCUT2D eigenvalue weighted by atomic mass is 16.5. The minimum atomic E-state index is 0.0929. The first-order chi connectivity index (χ1) is 13.2. The summed E-state index contributed by atoms with van der Waals surface area (Å²) < 4.78 is 10.2. The second-order valence-corrected chi connectivity index (χ2v) is 7.24. The molecule has 3 heterocycles. The van der Waals surface area contributed by atoms with E-state index in [1.54, 1.807) is 26.5 Å². The average Bonchev–Trinajstić information content (AvgIpc) is 2.74. The highest BCUT2D eigenvalue weighted by Crippen LogP contribution is 2.25. The van der Waals surface area contributed by atoms with Crippen molar-refractivity contribution in [3.63, 3.8) is 0 Å². The van der Waals surface area contributed by atoms with Crippen LogP contribution in [0, 0.1) is 5.92 Å². The maximum absolute atomic E-state index is 12.4. The molecular weight excluding hydrogens is 346 g/mol. The number of hydrogen-bond donors (Lipinski definition) is 1. The highest BCUT2D eigenvalue weighted by Gasteiger charge is 2.32. The second kappa shape index (κ2) is 9.85. The molecule has 1 aromatic heterocycles. The number of ether oxygens (including phenoxy) is 2. The van der Waals surface area contributed by atoms with Crippen LogP contribution in [0.2, 0.25) is 0 Å². The Labute approximate surface area is 161 Å². The number of rotatable bonds is 7. The van der Waals surface area contributed by atoms with Gasteiger partial charge in [-0.3, -0.25) is 9.69 Å². The fourth-order valence-corrected chi connectivity index (χ4v) is 4.00. The summed E-state index contributed by atoms with van der Waals surface area (Å²) in [5.41, 5.74) is 0. The minimum absolute atomic E-state index is 0.0929. The monoisotopic (exact) mass is 377 g/mol. The van der Waals surface area contributed by atoms with Gasteiger partial charge in [-0.25, -0.2) is 4.98 Å². The van der Waals surface area contributed by atoms with Crippen LogP contribution in [0.3, 0.4) is 0 Å². The largest absolute Gasteiger partial charge is 0.481 e. The molecule has 2 saturated heterocycles. The van der Waals surface area contributed by atoms with Gasteiger partial charge in [-0.05, 0) is 32.2 Å². The Kier molecular flexibility index (Phi) is 7.23. The molecule has 1 amide bonds. The molecule has 0 aliphatic carbocycles. The van der Waals surface area contributed by atoms with Crippen molar-refractivity contribution < 1.29 is 14.3 Å². The molecule has 8 nitrogen and oxygen atoms in total. The van der Waals surface area contributed by atoms with E-state index < -0.39 is 0 Å². The van der Waals surface area contributed by atoms with Crippen LogP contribution in [0.15, 0.2) is 12.3 Å². The lowest BCUT2D eigenvalue weighted by Crippen LogP contribution is -2.51. The Morgan fingerprint density at radius 2 is 2.07 bits per heavy atom. The molecule has 8 heteroatoms. The number of carbonyl (C=O) groups excluding carboxylic acids is 1. The van der Waals surface area contributed by atoms with E-state index in [2.05, 4.69) is 25.1 Å². The number of aromatic nitrogens is 2. The molecule has 0 saturated carbocycles. The Morgan fingerprint density at radius 3 is 2.81 bits per heavy atom. The predicted molar refractivity (Wildman–Crippen MR) is 103 cm³/mol. The van der Waals surface area contributed by atoms with Crippen LogP contribution in [0.25, 0.3) is 0 Å². The molecule has 0 radical (unpaired) electrons. The smallest absolute Gasteiger partial charge is 0.228 e. The van der Waals surface area contributed by atoms with Gasteiger partial charge in [-0.1, -0.05) is 0 Å². The summed E-state index contributed by atoms with van der Waals surface area (Å²) in [6, 6.07) is 2.29. The molecule has 1 aromatic rings. The summed E-state index contributed by atoms with van der Waals surface area (Å²) in [5.74, 6) is 1.59. The summed E-state index contributed by atoms with van der Waals surface area (Å²) >= 11 is 0. The van der Waals surface area contributed by atoms with Gasteiger partial charge >= 0.3 is 0 Å².